The van der Waals surface area contributed by atoms with Crippen molar-refractivity contribution in [3.05, 3.63) is 0 Å². The Morgan fingerprint density at radius 2 is 1.74 bits per heavy atom. The Kier molecular flexibility index (Phi) is 12.0. The summed E-state index contributed by atoms with van der Waals surface area (Å²) in [6, 6.07) is 0. The van der Waals surface area contributed by atoms with Crippen molar-refractivity contribution in [2.24, 2.45) is 11.8 Å². The van der Waals surface area contributed by atoms with Crippen LogP contribution < -0.4 is 0 Å². The second-order valence-corrected chi connectivity index (χ2v) is 8.40. The van der Waals surface area contributed by atoms with Crippen molar-refractivity contribution < 1.29 is 24.9 Å². The lowest BCUT2D eigenvalue weighted by molar-refractivity contribution is -0.122. The molecule has 1 aliphatic rings. The fourth-order valence-electron chi connectivity index (χ4n) is 4.32. The summed E-state index contributed by atoms with van der Waals surface area (Å²) < 4.78 is 0. The number of ketones is 2. The van der Waals surface area contributed by atoms with Gasteiger partial charge in [0.05, 0.1) is 12.2 Å². The standard InChI is InChI=1S/C22H40O5/c1-2-3-14-22(27,17-24)15-8-9-18-12-13-21(26)20(18)11-7-5-4-6-10-19(25)16-23/h18,20,23-24,27H,2-17H2,1H3/t18-,20+,22?/m0/s1. The van der Waals surface area contributed by atoms with Gasteiger partial charge in [-0.05, 0) is 44.4 Å². The van der Waals surface area contributed by atoms with Gasteiger partial charge in [0.2, 0.25) is 0 Å². The first-order valence-electron chi connectivity index (χ1n) is 10.9. The molecule has 1 unspecified atom stereocenters. The average Bonchev–Trinajstić information content (AvgIpc) is 3.02. The molecule has 5 nitrogen and oxygen atoms in total. The number of rotatable bonds is 16. The molecule has 1 saturated carbocycles. The number of aliphatic hydroxyl groups excluding tert-OH is 2. The van der Waals surface area contributed by atoms with Gasteiger partial charge in [0.25, 0.3) is 0 Å². The molecule has 0 aromatic carbocycles. The number of hydrogen-bond donors (Lipinski definition) is 3. The van der Waals surface area contributed by atoms with Gasteiger partial charge in [0, 0.05) is 18.8 Å². The Balaban J connectivity index is 2.28. The van der Waals surface area contributed by atoms with Gasteiger partial charge >= 0.3 is 0 Å². The molecule has 0 radical (unpaired) electrons. The average molecular weight is 385 g/mol. The topological polar surface area (TPSA) is 94.8 Å². The molecule has 0 aromatic rings. The highest BCUT2D eigenvalue weighted by molar-refractivity contribution is 5.83. The Hall–Kier alpha value is -0.780. The lowest BCUT2D eigenvalue weighted by atomic mass is 9.84. The molecule has 1 aliphatic carbocycles. The van der Waals surface area contributed by atoms with Crippen LogP contribution in [-0.2, 0) is 9.59 Å². The van der Waals surface area contributed by atoms with Gasteiger partial charge in [-0.1, -0.05) is 45.4 Å². The maximum Gasteiger partial charge on any atom is 0.158 e. The summed E-state index contributed by atoms with van der Waals surface area (Å²) in [6.45, 7) is 1.54. The third kappa shape index (κ3) is 9.31. The van der Waals surface area contributed by atoms with E-state index in [-0.39, 0.29) is 24.9 Å². The molecule has 0 bridgehead atoms. The van der Waals surface area contributed by atoms with Crippen LogP contribution in [0.25, 0.3) is 0 Å². The molecule has 0 saturated heterocycles. The molecule has 3 N–H and O–H groups in total. The highest BCUT2D eigenvalue weighted by Crippen LogP contribution is 2.37. The quantitative estimate of drug-likeness (QED) is 0.354. The van der Waals surface area contributed by atoms with E-state index < -0.39 is 5.60 Å². The van der Waals surface area contributed by atoms with E-state index in [0.29, 0.717) is 37.4 Å². The third-order valence-corrected chi connectivity index (χ3v) is 6.15. The van der Waals surface area contributed by atoms with E-state index in [1.54, 1.807) is 0 Å². The second-order valence-electron chi connectivity index (χ2n) is 8.40. The van der Waals surface area contributed by atoms with Crippen LogP contribution in [0.4, 0.5) is 0 Å². The van der Waals surface area contributed by atoms with E-state index in [0.717, 1.165) is 64.2 Å². The van der Waals surface area contributed by atoms with Crippen molar-refractivity contribution in [2.75, 3.05) is 13.2 Å². The predicted molar refractivity (Wildman–Crippen MR) is 106 cm³/mol. The Morgan fingerprint density at radius 1 is 1.04 bits per heavy atom. The molecule has 0 amide bonds. The van der Waals surface area contributed by atoms with E-state index in [1.807, 2.05) is 0 Å². The van der Waals surface area contributed by atoms with Crippen LogP contribution in [0.5, 0.6) is 0 Å². The summed E-state index contributed by atoms with van der Waals surface area (Å²) in [5.74, 6) is 0.867. The van der Waals surface area contributed by atoms with Gasteiger partial charge < -0.3 is 15.3 Å². The van der Waals surface area contributed by atoms with Gasteiger partial charge in [0.15, 0.2) is 5.78 Å². The molecule has 3 atom stereocenters. The molecule has 0 aliphatic heterocycles. The van der Waals surface area contributed by atoms with Crippen LogP contribution in [0.3, 0.4) is 0 Å². The minimum atomic E-state index is -0.958. The highest BCUT2D eigenvalue weighted by atomic mass is 16.3. The minimum Gasteiger partial charge on any atom is -0.393 e. The fourth-order valence-corrected chi connectivity index (χ4v) is 4.32. The summed E-state index contributed by atoms with van der Waals surface area (Å²) >= 11 is 0. The van der Waals surface area contributed by atoms with Gasteiger partial charge in [-0.2, -0.15) is 0 Å². The monoisotopic (exact) mass is 384 g/mol. The van der Waals surface area contributed by atoms with Gasteiger partial charge in [-0.15, -0.1) is 0 Å². The van der Waals surface area contributed by atoms with Crippen LogP contribution >= 0.6 is 0 Å². The summed E-state index contributed by atoms with van der Waals surface area (Å²) in [5.41, 5.74) is -0.958. The smallest absolute Gasteiger partial charge is 0.158 e. The molecular formula is C22H40O5. The Labute approximate surface area is 164 Å². The number of aliphatic hydroxyl groups is 3. The zero-order valence-electron chi connectivity index (χ0n) is 17.1. The summed E-state index contributed by atoms with van der Waals surface area (Å²) in [6.07, 6.45) is 11.8. The van der Waals surface area contributed by atoms with E-state index in [2.05, 4.69) is 6.92 Å². The van der Waals surface area contributed by atoms with Crippen LogP contribution in [0.1, 0.15) is 96.8 Å². The van der Waals surface area contributed by atoms with Gasteiger partial charge in [-0.25, -0.2) is 0 Å². The molecule has 1 fully saturated rings. The van der Waals surface area contributed by atoms with Crippen LogP contribution in [0.15, 0.2) is 0 Å². The normalized spacial score (nSPS) is 22.1. The van der Waals surface area contributed by atoms with E-state index in [9.17, 15) is 19.8 Å². The van der Waals surface area contributed by atoms with Crippen molar-refractivity contribution in [2.45, 2.75) is 102 Å². The first kappa shape index (κ1) is 24.3. The number of unbranched alkanes of at least 4 members (excludes halogenated alkanes) is 4. The molecule has 27 heavy (non-hydrogen) atoms. The van der Waals surface area contributed by atoms with E-state index >= 15 is 0 Å². The van der Waals surface area contributed by atoms with Crippen LogP contribution in [0, 0.1) is 11.8 Å². The molecule has 0 spiro atoms. The Morgan fingerprint density at radius 3 is 2.41 bits per heavy atom. The molecule has 158 valence electrons. The predicted octanol–water partition coefficient (Wildman–Crippen LogP) is 3.57. The molecule has 0 heterocycles. The number of carbonyl (C=O) groups is 2. The summed E-state index contributed by atoms with van der Waals surface area (Å²) in [7, 11) is 0. The number of carbonyl (C=O) groups excluding carboxylic acids is 2. The van der Waals surface area contributed by atoms with Gasteiger partial charge in [0.1, 0.15) is 12.4 Å². The van der Waals surface area contributed by atoms with Gasteiger partial charge in [-0.3, -0.25) is 9.59 Å². The summed E-state index contributed by atoms with van der Waals surface area (Å²) in [4.78, 5) is 23.3. The molecule has 0 aromatic heterocycles. The van der Waals surface area contributed by atoms with Crippen LogP contribution in [0.2, 0.25) is 0 Å². The number of hydrogen-bond acceptors (Lipinski definition) is 5. The molecular weight excluding hydrogens is 344 g/mol. The first-order chi connectivity index (χ1) is 13.0. The van der Waals surface area contributed by atoms with Crippen molar-refractivity contribution in [3.63, 3.8) is 0 Å². The van der Waals surface area contributed by atoms with E-state index in [4.69, 9.17) is 5.11 Å². The fraction of sp³-hybridized carbons (Fsp3) is 0.909. The first-order valence-corrected chi connectivity index (χ1v) is 10.9. The lowest BCUT2D eigenvalue weighted by Gasteiger charge is -2.27. The largest absolute Gasteiger partial charge is 0.393 e. The zero-order valence-corrected chi connectivity index (χ0v) is 17.1. The minimum absolute atomic E-state index is 0.0946. The SMILES string of the molecule is CCCCC(O)(CO)CCC[C@H]1CCC(=O)[C@@H]1CCCCCCC(=O)CO. The van der Waals surface area contributed by atoms with Crippen molar-refractivity contribution in [1.82, 2.24) is 0 Å². The maximum atomic E-state index is 12.2. The van der Waals surface area contributed by atoms with Crippen LogP contribution in [-0.4, -0.2) is 45.7 Å². The highest BCUT2D eigenvalue weighted by Gasteiger charge is 2.34. The van der Waals surface area contributed by atoms with E-state index in [1.165, 1.54) is 0 Å². The lowest BCUT2D eigenvalue weighted by Crippen LogP contribution is -2.33. The summed E-state index contributed by atoms with van der Waals surface area (Å²) in [5, 5.41) is 28.7. The van der Waals surface area contributed by atoms with Crippen molar-refractivity contribution >= 4 is 11.6 Å². The molecule has 1 rings (SSSR count). The van der Waals surface area contributed by atoms with Crippen molar-refractivity contribution in [1.29, 1.82) is 0 Å². The Bertz CT molecular complexity index is 436. The maximum absolute atomic E-state index is 12.2. The second kappa shape index (κ2) is 13.4. The third-order valence-electron chi connectivity index (χ3n) is 6.15. The number of Topliss-reactive ketones (excluding diaryl/α,β-unsaturated/α-hetero) is 2. The van der Waals surface area contributed by atoms with Crippen molar-refractivity contribution in [3.8, 4) is 0 Å². The zero-order chi connectivity index (χ0) is 20.1. The molecule has 5 heteroatoms.